The van der Waals surface area contributed by atoms with Gasteiger partial charge in [0.15, 0.2) is 0 Å². The maximum Gasteiger partial charge on any atom is -0.0105 e. The smallest absolute Gasteiger partial charge is 0.0105 e. The minimum Gasteiger partial charge on any atom is -0.0622 e. The van der Waals surface area contributed by atoms with Gasteiger partial charge in [0.05, 0.1) is 0 Å². The van der Waals surface area contributed by atoms with Crippen molar-refractivity contribution in [3.8, 4) is 0 Å². The highest BCUT2D eigenvalue weighted by atomic mass is 14.5. The lowest BCUT2D eigenvalue weighted by Gasteiger charge is -2.27. The summed E-state index contributed by atoms with van der Waals surface area (Å²) < 4.78 is 0. The number of rotatable bonds is 1. The van der Waals surface area contributed by atoms with E-state index in [9.17, 15) is 0 Å². The van der Waals surface area contributed by atoms with Crippen LogP contribution in [0.25, 0.3) is 0 Å². The highest BCUT2D eigenvalue weighted by Gasteiger charge is 2.44. The molecule has 2 rings (SSSR count). The summed E-state index contributed by atoms with van der Waals surface area (Å²) >= 11 is 0. The van der Waals surface area contributed by atoms with E-state index in [4.69, 9.17) is 0 Å². The molecule has 1 atom stereocenters. The van der Waals surface area contributed by atoms with Crippen LogP contribution in [-0.4, -0.2) is 0 Å². The molecular formula is C15H22. The van der Waals surface area contributed by atoms with Crippen molar-refractivity contribution in [3.63, 3.8) is 0 Å². The van der Waals surface area contributed by atoms with Crippen LogP contribution < -0.4 is 0 Å². The molecular weight excluding hydrogens is 180 g/mol. The number of hydrogen-bond acceptors (Lipinski definition) is 0. The summed E-state index contributed by atoms with van der Waals surface area (Å²) in [5.74, 6) is 0.730. The second-order valence-electron chi connectivity index (χ2n) is 6.50. The van der Waals surface area contributed by atoms with Crippen molar-refractivity contribution in [3.05, 3.63) is 35.9 Å². The standard InChI is InChI=1S/C15H22/c1-14(2)10-13(15(3,4)11-14)12-8-6-5-7-9-12/h5-9,13H,10-11H2,1-4H3. The molecule has 0 N–H and O–H groups in total. The van der Waals surface area contributed by atoms with E-state index in [-0.39, 0.29) is 0 Å². The summed E-state index contributed by atoms with van der Waals surface area (Å²) in [6, 6.07) is 11.0. The zero-order valence-electron chi connectivity index (χ0n) is 10.4. The van der Waals surface area contributed by atoms with Crippen molar-refractivity contribution < 1.29 is 0 Å². The fourth-order valence-corrected chi connectivity index (χ4v) is 3.51. The van der Waals surface area contributed by atoms with E-state index in [1.807, 2.05) is 0 Å². The Balaban J connectivity index is 2.31. The third-order valence-corrected chi connectivity index (χ3v) is 3.84. The van der Waals surface area contributed by atoms with E-state index in [2.05, 4.69) is 58.0 Å². The first-order valence-corrected chi connectivity index (χ1v) is 5.96. The Hall–Kier alpha value is -0.780. The molecule has 1 aromatic rings. The van der Waals surface area contributed by atoms with Gasteiger partial charge >= 0.3 is 0 Å². The van der Waals surface area contributed by atoms with Crippen LogP contribution in [0.2, 0.25) is 0 Å². The van der Waals surface area contributed by atoms with Gasteiger partial charge in [-0.05, 0) is 35.2 Å². The van der Waals surface area contributed by atoms with E-state index in [1.165, 1.54) is 18.4 Å². The summed E-state index contributed by atoms with van der Waals surface area (Å²) in [7, 11) is 0. The molecule has 0 heterocycles. The molecule has 82 valence electrons. The third kappa shape index (κ3) is 2.09. The minimum absolute atomic E-state index is 0.449. The Morgan fingerprint density at radius 3 is 2.07 bits per heavy atom. The first-order chi connectivity index (χ1) is 6.91. The predicted octanol–water partition coefficient (Wildman–Crippen LogP) is 4.62. The summed E-state index contributed by atoms with van der Waals surface area (Å²) in [6.07, 6.45) is 2.66. The Bertz CT molecular complexity index is 332. The van der Waals surface area contributed by atoms with Gasteiger partial charge in [-0.2, -0.15) is 0 Å². The SMILES string of the molecule is CC1(C)CC(c2ccccc2)C(C)(C)C1. The normalized spacial score (nSPS) is 27.9. The fourth-order valence-electron chi connectivity index (χ4n) is 3.51. The summed E-state index contributed by atoms with van der Waals surface area (Å²) in [5.41, 5.74) is 2.47. The summed E-state index contributed by atoms with van der Waals surface area (Å²) in [5, 5.41) is 0. The van der Waals surface area contributed by atoms with E-state index in [1.54, 1.807) is 0 Å². The fraction of sp³-hybridized carbons (Fsp3) is 0.600. The zero-order valence-corrected chi connectivity index (χ0v) is 10.4. The Kier molecular flexibility index (Phi) is 2.41. The second kappa shape index (κ2) is 3.37. The van der Waals surface area contributed by atoms with Gasteiger partial charge in [0.2, 0.25) is 0 Å². The molecule has 1 aromatic carbocycles. The summed E-state index contributed by atoms with van der Waals surface area (Å²) in [6.45, 7) is 9.63. The number of benzene rings is 1. The molecule has 1 fully saturated rings. The first-order valence-electron chi connectivity index (χ1n) is 5.96. The molecule has 1 aliphatic rings. The van der Waals surface area contributed by atoms with Crippen molar-refractivity contribution in [2.45, 2.75) is 46.5 Å². The van der Waals surface area contributed by atoms with Crippen molar-refractivity contribution in [1.82, 2.24) is 0 Å². The molecule has 0 aliphatic heterocycles. The highest BCUT2D eigenvalue weighted by molar-refractivity contribution is 5.24. The van der Waals surface area contributed by atoms with Crippen LogP contribution >= 0.6 is 0 Å². The van der Waals surface area contributed by atoms with Gasteiger partial charge < -0.3 is 0 Å². The molecule has 1 aliphatic carbocycles. The minimum atomic E-state index is 0.449. The highest BCUT2D eigenvalue weighted by Crippen LogP contribution is 2.56. The lowest BCUT2D eigenvalue weighted by atomic mass is 9.78. The van der Waals surface area contributed by atoms with Crippen molar-refractivity contribution in [2.75, 3.05) is 0 Å². The summed E-state index contributed by atoms with van der Waals surface area (Å²) in [4.78, 5) is 0. The molecule has 0 aromatic heterocycles. The van der Waals surface area contributed by atoms with Gasteiger partial charge in [0, 0.05) is 0 Å². The van der Waals surface area contributed by atoms with Crippen LogP contribution in [-0.2, 0) is 0 Å². The molecule has 15 heavy (non-hydrogen) atoms. The Morgan fingerprint density at radius 2 is 1.60 bits per heavy atom. The number of hydrogen-bond donors (Lipinski definition) is 0. The van der Waals surface area contributed by atoms with E-state index in [0.29, 0.717) is 10.8 Å². The van der Waals surface area contributed by atoms with E-state index < -0.39 is 0 Å². The molecule has 0 radical (unpaired) electrons. The molecule has 0 amide bonds. The first kappa shape index (κ1) is 10.7. The van der Waals surface area contributed by atoms with Gasteiger partial charge in [-0.25, -0.2) is 0 Å². The average molecular weight is 202 g/mol. The molecule has 0 spiro atoms. The van der Waals surface area contributed by atoms with Gasteiger partial charge in [0.25, 0.3) is 0 Å². The van der Waals surface area contributed by atoms with E-state index >= 15 is 0 Å². The largest absolute Gasteiger partial charge is 0.0622 e. The van der Waals surface area contributed by atoms with Gasteiger partial charge in [-0.3, -0.25) is 0 Å². The Morgan fingerprint density at radius 1 is 1.00 bits per heavy atom. The molecule has 0 nitrogen and oxygen atoms in total. The molecule has 0 heteroatoms. The van der Waals surface area contributed by atoms with Crippen LogP contribution in [0.1, 0.15) is 52.0 Å². The lowest BCUT2D eigenvalue weighted by molar-refractivity contribution is 0.292. The molecule has 0 bridgehead atoms. The van der Waals surface area contributed by atoms with Crippen LogP contribution in [0.3, 0.4) is 0 Å². The van der Waals surface area contributed by atoms with Crippen LogP contribution in [0.15, 0.2) is 30.3 Å². The van der Waals surface area contributed by atoms with Crippen LogP contribution in [0, 0.1) is 10.8 Å². The lowest BCUT2D eigenvalue weighted by Crippen LogP contribution is -2.15. The molecule has 0 saturated heterocycles. The zero-order chi connectivity index (χ0) is 11.1. The Labute approximate surface area is 93.7 Å². The van der Waals surface area contributed by atoms with E-state index in [0.717, 1.165) is 5.92 Å². The third-order valence-electron chi connectivity index (χ3n) is 3.84. The monoisotopic (exact) mass is 202 g/mol. The van der Waals surface area contributed by atoms with Crippen molar-refractivity contribution in [2.24, 2.45) is 10.8 Å². The second-order valence-corrected chi connectivity index (χ2v) is 6.50. The van der Waals surface area contributed by atoms with Gasteiger partial charge in [-0.15, -0.1) is 0 Å². The maximum atomic E-state index is 2.42. The topological polar surface area (TPSA) is 0 Å². The van der Waals surface area contributed by atoms with Crippen molar-refractivity contribution >= 4 is 0 Å². The van der Waals surface area contributed by atoms with Crippen LogP contribution in [0.4, 0.5) is 0 Å². The van der Waals surface area contributed by atoms with Crippen molar-refractivity contribution in [1.29, 1.82) is 0 Å². The van der Waals surface area contributed by atoms with Gasteiger partial charge in [0.1, 0.15) is 0 Å². The quantitative estimate of drug-likeness (QED) is 0.623. The predicted molar refractivity (Wildman–Crippen MR) is 66.0 cm³/mol. The molecule has 1 saturated carbocycles. The average Bonchev–Trinajstić information content (AvgIpc) is 2.36. The molecule has 1 unspecified atom stereocenters. The maximum absolute atomic E-state index is 2.42. The van der Waals surface area contributed by atoms with Gasteiger partial charge in [-0.1, -0.05) is 58.0 Å². The van der Waals surface area contributed by atoms with Crippen LogP contribution in [0.5, 0.6) is 0 Å².